The maximum absolute atomic E-state index is 10.7. The zero-order valence-electron chi connectivity index (χ0n) is 10.6. The fourth-order valence-electron chi connectivity index (χ4n) is 2.57. The van der Waals surface area contributed by atoms with Crippen molar-refractivity contribution in [2.45, 2.75) is 51.0 Å². The third kappa shape index (κ3) is 2.78. The van der Waals surface area contributed by atoms with Crippen LogP contribution in [-0.4, -0.2) is 16.6 Å². The number of nitrogens with zero attached hydrogens (tertiary/aromatic N) is 1. The Labute approximate surface area is 103 Å². The zero-order chi connectivity index (χ0) is 12.1. The number of rotatable bonds is 4. The fraction of sp³-hybridized carbons (Fsp3) is 0.643. The molecule has 1 aliphatic rings. The van der Waals surface area contributed by atoms with E-state index in [1.54, 1.807) is 6.20 Å². The molecule has 0 aromatic carbocycles. The third-order valence-electron chi connectivity index (χ3n) is 3.53. The highest BCUT2D eigenvalue weighted by Gasteiger charge is 2.33. The van der Waals surface area contributed by atoms with Crippen molar-refractivity contribution in [1.29, 1.82) is 0 Å². The largest absolute Gasteiger partial charge is 0.385 e. The predicted octanol–water partition coefficient (Wildman–Crippen LogP) is 3.06. The highest BCUT2D eigenvalue weighted by Crippen LogP contribution is 2.39. The van der Waals surface area contributed by atoms with Crippen LogP contribution in [0.4, 0.5) is 5.82 Å². The number of anilines is 1. The average molecular weight is 234 g/mol. The molecule has 0 unspecified atom stereocenters. The highest BCUT2D eigenvalue weighted by molar-refractivity contribution is 5.47. The van der Waals surface area contributed by atoms with Crippen LogP contribution in [0.5, 0.6) is 0 Å². The van der Waals surface area contributed by atoms with Gasteiger partial charge in [0.25, 0.3) is 0 Å². The fourth-order valence-corrected chi connectivity index (χ4v) is 2.57. The van der Waals surface area contributed by atoms with Crippen LogP contribution < -0.4 is 5.32 Å². The Kier molecular flexibility index (Phi) is 4.00. The number of aromatic nitrogens is 1. The highest BCUT2D eigenvalue weighted by atomic mass is 16.3. The Hall–Kier alpha value is -1.09. The second-order valence-electron chi connectivity index (χ2n) is 4.92. The Balaban J connectivity index is 2.23. The Morgan fingerprint density at radius 3 is 2.82 bits per heavy atom. The van der Waals surface area contributed by atoms with Crippen molar-refractivity contribution in [2.24, 2.45) is 0 Å². The van der Waals surface area contributed by atoms with E-state index < -0.39 is 5.60 Å². The third-order valence-corrected chi connectivity index (χ3v) is 3.53. The van der Waals surface area contributed by atoms with E-state index in [2.05, 4.69) is 17.2 Å². The Morgan fingerprint density at radius 1 is 1.35 bits per heavy atom. The van der Waals surface area contributed by atoms with E-state index in [-0.39, 0.29) is 0 Å². The van der Waals surface area contributed by atoms with Gasteiger partial charge in [0, 0.05) is 18.3 Å². The van der Waals surface area contributed by atoms with E-state index in [0.717, 1.165) is 50.0 Å². The topological polar surface area (TPSA) is 45.2 Å². The summed E-state index contributed by atoms with van der Waals surface area (Å²) >= 11 is 0. The average Bonchev–Trinajstić information content (AvgIpc) is 2.37. The van der Waals surface area contributed by atoms with Crippen molar-refractivity contribution in [3.8, 4) is 0 Å². The number of pyridine rings is 1. The molecule has 2 N–H and O–H groups in total. The van der Waals surface area contributed by atoms with Gasteiger partial charge < -0.3 is 10.4 Å². The number of nitrogens with one attached hydrogen (secondary N) is 1. The maximum Gasteiger partial charge on any atom is 0.132 e. The first-order valence-corrected chi connectivity index (χ1v) is 6.68. The van der Waals surface area contributed by atoms with E-state index in [0.29, 0.717) is 0 Å². The molecule has 94 valence electrons. The van der Waals surface area contributed by atoms with Crippen LogP contribution in [0.25, 0.3) is 0 Å². The second kappa shape index (κ2) is 5.50. The molecule has 3 nitrogen and oxygen atoms in total. The molecule has 1 aromatic heterocycles. The van der Waals surface area contributed by atoms with Crippen LogP contribution in [0.3, 0.4) is 0 Å². The molecule has 17 heavy (non-hydrogen) atoms. The molecule has 0 aliphatic heterocycles. The summed E-state index contributed by atoms with van der Waals surface area (Å²) < 4.78 is 0. The van der Waals surface area contributed by atoms with Gasteiger partial charge in [-0.25, -0.2) is 4.98 Å². The van der Waals surface area contributed by atoms with E-state index in [1.807, 2.05) is 12.1 Å². The molecular weight excluding hydrogens is 212 g/mol. The summed E-state index contributed by atoms with van der Waals surface area (Å²) in [5.41, 5.74) is 0.316. The Bertz CT molecular complexity index is 359. The first-order chi connectivity index (χ1) is 8.26. The summed E-state index contributed by atoms with van der Waals surface area (Å²) in [4.78, 5) is 4.37. The van der Waals surface area contributed by atoms with Gasteiger partial charge in [-0.2, -0.15) is 0 Å². The molecule has 1 saturated carbocycles. The maximum atomic E-state index is 10.7. The predicted molar refractivity (Wildman–Crippen MR) is 70.0 cm³/mol. The standard InChI is InChI=1S/C14H22N2O/c1-2-10-15-13-12(7-6-11-16-13)14(17)8-4-3-5-9-14/h6-7,11,17H,2-5,8-10H2,1H3,(H,15,16). The molecule has 0 saturated heterocycles. The van der Waals surface area contributed by atoms with Gasteiger partial charge in [0.2, 0.25) is 0 Å². The summed E-state index contributed by atoms with van der Waals surface area (Å²) in [5.74, 6) is 0.860. The number of hydrogen-bond acceptors (Lipinski definition) is 3. The monoisotopic (exact) mass is 234 g/mol. The van der Waals surface area contributed by atoms with E-state index >= 15 is 0 Å². The van der Waals surface area contributed by atoms with Gasteiger partial charge in [-0.3, -0.25) is 0 Å². The van der Waals surface area contributed by atoms with Crippen molar-refractivity contribution >= 4 is 5.82 Å². The van der Waals surface area contributed by atoms with Crippen LogP contribution in [-0.2, 0) is 5.60 Å². The quantitative estimate of drug-likeness (QED) is 0.841. The van der Waals surface area contributed by atoms with Gasteiger partial charge in [0.1, 0.15) is 5.82 Å². The van der Waals surface area contributed by atoms with E-state index in [1.165, 1.54) is 6.42 Å². The molecule has 0 spiro atoms. The lowest BCUT2D eigenvalue weighted by atomic mass is 9.80. The summed E-state index contributed by atoms with van der Waals surface area (Å²) in [5, 5.41) is 14.1. The summed E-state index contributed by atoms with van der Waals surface area (Å²) in [6, 6.07) is 3.93. The van der Waals surface area contributed by atoms with Crippen LogP contribution in [0, 0.1) is 0 Å². The first kappa shape index (κ1) is 12.4. The molecule has 1 aliphatic carbocycles. The van der Waals surface area contributed by atoms with E-state index in [9.17, 15) is 5.11 Å². The number of hydrogen-bond donors (Lipinski definition) is 2. The molecule has 0 radical (unpaired) electrons. The minimum absolute atomic E-state index is 0.664. The molecular formula is C14H22N2O. The summed E-state index contributed by atoms with van der Waals surface area (Å²) in [6.07, 6.45) is 8.03. The molecule has 1 heterocycles. The lowest BCUT2D eigenvalue weighted by Crippen LogP contribution is -2.30. The van der Waals surface area contributed by atoms with Crippen molar-refractivity contribution in [1.82, 2.24) is 4.98 Å². The molecule has 0 atom stereocenters. The van der Waals surface area contributed by atoms with Gasteiger partial charge in [0.05, 0.1) is 5.60 Å². The van der Waals surface area contributed by atoms with Gasteiger partial charge in [-0.1, -0.05) is 32.3 Å². The summed E-state index contributed by atoms with van der Waals surface area (Å²) in [6.45, 7) is 3.03. The summed E-state index contributed by atoms with van der Waals surface area (Å²) in [7, 11) is 0. The zero-order valence-corrected chi connectivity index (χ0v) is 10.6. The van der Waals surface area contributed by atoms with Gasteiger partial charge in [0.15, 0.2) is 0 Å². The van der Waals surface area contributed by atoms with Gasteiger partial charge >= 0.3 is 0 Å². The normalized spacial score (nSPS) is 18.9. The van der Waals surface area contributed by atoms with Crippen molar-refractivity contribution in [3.05, 3.63) is 23.9 Å². The second-order valence-corrected chi connectivity index (χ2v) is 4.92. The smallest absolute Gasteiger partial charge is 0.132 e. The minimum atomic E-state index is -0.664. The molecule has 2 rings (SSSR count). The van der Waals surface area contributed by atoms with Gasteiger partial charge in [-0.05, 0) is 25.3 Å². The first-order valence-electron chi connectivity index (χ1n) is 6.68. The molecule has 3 heteroatoms. The lowest BCUT2D eigenvalue weighted by Gasteiger charge is -2.33. The van der Waals surface area contributed by atoms with E-state index in [4.69, 9.17) is 0 Å². The number of aliphatic hydroxyl groups is 1. The molecule has 0 amide bonds. The van der Waals surface area contributed by atoms with Crippen molar-refractivity contribution in [2.75, 3.05) is 11.9 Å². The Morgan fingerprint density at radius 2 is 2.12 bits per heavy atom. The van der Waals surface area contributed by atoms with Crippen molar-refractivity contribution < 1.29 is 5.11 Å². The lowest BCUT2D eigenvalue weighted by molar-refractivity contribution is -0.000226. The van der Waals surface area contributed by atoms with Crippen LogP contribution in [0.1, 0.15) is 51.0 Å². The van der Waals surface area contributed by atoms with Crippen LogP contribution in [0.15, 0.2) is 18.3 Å². The molecule has 0 bridgehead atoms. The van der Waals surface area contributed by atoms with Gasteiger partial charge in [-0.15, -0.1) is 0 Å². The minimum Gasteiger partial charge on any atom is -0.385 e. The SMILES string of the molecule is CCCNc1ncccc1C1(O)CCCCC1. The van der Waals surface area contributed by atoms with Crippen LogP contribution in [0.2, 0.25) is 0 Å². The van der Waals surface area contributed by atoms with Crippen LogP contribution >= 0.6 is 0 Å². The molecule has 1 fully saturated rings. The van der Waals surface area contributed by atoms with Crippen molar-refractivity contribution in [3.63, 3.8) is 0 Å². The molecule has 1 aromatic rings.